The average Bonchev–Trinajstić information content (AvgIpc) is 2.86. The van der Waals surface area contributed by atoms with E-state index in [1.165, 1.54) is 33.5 Å². The van der Waals surface area contributed by atoms with Gasteiger partial charge in [-0.1, -0.05) is 12.1 Å². The standard InChI is InChI=1S/C25H26FNO7S/c1-31-14-13-27(25(28)23-12-9-20(32-2)16-24(23)33-3)17-18-5-4-6-21(15-18)34-35(29,30)22-10-7-19(26)8-11-22/h4-12,15-16H,13-14,17H2,1-3H3. The molecule has 8 nitrogen and oxygen atoms in total. The lowest BCUT2D eigenvalue weighted by Gasteiger charge is -2.24. The molecule has 10 heteroatoms. The Morgan fingerprint density at radius 1 is 0.914 bits per heavy atom. The van der Waals surface area contributed by atoms with Crippen molar-refractivity contribution in [2.75, 3.05) is 34.5 Å². The van der Waals surface area contributed by atoms with Gasteiger partial charge in [0.1, 0.15) is 28.0 Å². The topological polar surface area (TPSA) is 91.4 Å². The Labute approximate surface area is 203 Å². The van der Waals surface area contributed by atoms with Crippen LogP contribution >= 0.6 is 0 Å². The van der Waals surface area contributed by atoms with Gasteiger partial charge in [0, 0.05) is 26.3 Å². The Kier molecular flexibility index (Phi) is 8.67. The maximum absolute atomic E-state index is 13.4. The summed E-state index contributed by atoms with van der Waals surface area (Å²) in [6.45, 7) is 0.730. The molecule has 0 spiro atoms. The summed E-state index contributed by atoms with van der Waals surface area (Å²) < 4.78 is 59.2. The molecule has 3 rings (SSSR count). The van der Waals surface area contributed by atoms with Gasteiger partial charge in [-0.25, -0.2) is 4.39 Å². The van der Waals surface area contributed by atoms with Crippen LogP contribution in [-0.4, -0.2) is 53.7 Å². The normalized spacial score (nSPS) is 11.1. The third-order valence-electron chi connectivity index (χ3n) is 5.07. The number of nitrogens with zero attached hydrogens (tertiary/aromatic N) is 1. The predicted octanol–water partition coefficient (Wildman–Crippen LogP) is 3.90. The molecule has 0 N–H and O–H groups in total. The van der Waals surface area contributed by atoms with Crippen molar-refractivity contribution in [2.24, 2.45) is 0 Å². The summed E-state index contributed by atoms with van der Waals surface area (Å²) >= 11 is 0. The number of halogens is 1. The van der Waals surface area contributed by atoms with Crippen LogP contribution in [0.5, 0.6) is 17.2 Å². The van der Waals surface area contributed by atoms with Gasteiger partial charge in [-0.15, -0.1) is 0 Å². The van der Waals surface area contributed by atoms with Crippen molar-refractivity contribution < 1.29 is 36.0 Å². The minimum Gasteiger partial charge on any atom is -0.497 e. The molecule has 0 bridgehead atoms. The van der Waals surface area contributed by atoms with Gasteiger partial charge in [0.2, 0.25) is 0 Å². The molecule has 0 saturated heterocycles. The van der Waals surface area contributed by atoms with Gasteiger partial charge in [-0.05, 0) is 54.1 Å². The molecule has 0 radical (unpaired) electrons. The Hall–Kier alpha value is -3.63. The molecule has 0 atom stereocenters. The Morgan fingerprint density at radius 3 is 2.31 bits per heavy atom. The fraction of sp³-hybridized carbons (Fsp3) is 0.240. The molecule has 35 heavy (non-hydrogen) atoms. The van der Waals surface area contributed by atoms with Crippen molar-refractivity contribution >= 4 is 16.0 Å². The highest BCUT2D eigenvalue weighted by Gasteiger charge is 2.22. The molecule has 0 saturated carbocycles. The van der Waals surface area contributed by atoms with Gasteiger partial charge in [-0.2, -0.15) is 8.42 Å². The largest absolute Gasteiger partial charge is 0.497 e. The van der Waals surface area contributed by atoms with E-state index in [0.29, 0.717) is 29.2 Å². The number of carbonyl (C=O) groups excluding carboxylic acids is 1. The van der Waals surface area contributed by atoms with E-state index >= 15 is 0 Å². The Bertz CT molecular complexity index is 1260. The minimum atomic E-state index is -4.16. The Morgan fingerprint density at radius 2 is 1.66 bits per heavy atom. The number of benzene rings is 3. The zero-order chi connectivity index (χ0) is 25.4. The molecular weight excluding hydrogens is 477 g/mol. The lowest BCUT2D eigenvalue weighted by molar-refractivity contribution is 0.0677. The molecular formula is C25H26FNO7S. The average molecular weight is 504 g/mol. The van der Waals surface area contributed by atoms with E-state index in [0.717, 1.165) is 24.3 Å². The summed E-state index contributed by atoms with van der Waals surface area (Å²) in [7, 11) is 0.359. The van der Waals surface area contributed by atoms with Crippen molar-refractivity contribution in [1.29, 1.82) is 0 Å². The quantitative estimate of drug-likeness (QED) is 0.367. The predicted molar refractivity (Wildman–Crippen MR) is 127 cm³/mol. The van der Waals surface area contributed by atoms with E-state index in [1.807, 2.05) is 0 Å². The molecule has 0 aliphatic rings. The minimum absolute atomic E-state index is 0.0630. The first-order valence-electron chi connectivity index (χ1n) is 10.6. The summed E-state index contributed by atoms with van der Waals surface area (Å²) in [6.07, 6.45) is 0. The highest BCUT2D eigenvalue weighted by atomic mass is 32.2. The first-order valence-corrected chi connectivity index (χ1v) is 12.0. The van der Waals surface area contributed by atoms with Crippen LogP contribution in [0.25, 0.3) is 0 Å². The number of carbonyl (C=O) groups is 1. The summed E-state index contributed by atoms with van der Waals surface area (Å²) in [4.78, 5) is 14.7. The van der Waals surface area contributed by atoms with E-state index in [4.69, 9.17) is 18.4 Å². The molecule has 186 valence electrons. The van der Waals surface area contributed by atoms with Crippen molar-refractivity contribution in [3.63, 3.8) is 0 Å². The van der Waals surface area contributed by atoms with Crippen LogP contribution in [0.3, 0.4) is 0 Å². The smallest absolute Gasteiger partial charge is 0.339 e. The maximum Gasteiger partial charge on any atom is 0.339 e. The molecule has 0 heterocycles. The molecule has 3 aromatic rings. The second-order valence-corrected chi connectivity index (χ2v) is 8.97. The van der Waals surface area contributed by atoms with Crippen LogP contribution in [0, 0.1) is 5.82 Å². The third kappa shape index (κ3) is 6.71. The van der Waals surface area contributed by atoms with Crippen molar-refractivity contribution in [3.05, 3.63) is 83.7 Å². The number of methoxy groups -OCH3 is 3. The summed E-state index contributed by atoms with van der Waals surface area (Å²) in [6, 6.07) is 15.6. The summed E-state index contributed by atoms with van der Waals surface area (Å²) in [5.74, 6) is 0.119. The molecule has 0 aromatic heterocycles. The van der Waals surface area contributed by atoms with Crippen LogP contribution in [-0.2, 0) is 21.4 Å². The first kappa shape index (κ1) is 26.0. The highest BCUT2D eigenvalue weighted by molar-refractivity contribution is 7.87. The molecule has 0 unspecified atom stereocenters. The Balaban J connectivity index is 1.83. The molecule has 3 aromatic carbocycles. The molecule has 1 amide bonds. The second-order valence-electron chi connectivity index (χ2n) is 7.42. The van der Waals surface area contributed by atoms with Crippen molar-refractivity contribution in [2.45, 2.75) is 11.4 Å². The van der Waals surface area contributed by atoms with Gasteiger partial charge in [-0.3, -0.25) is 4.79 Å². The lowest BCUT2D eigenvalue weighted by atomic mass is 10.1. The third-order valence-corrected chi connectivity index (χ3v) is 6.33. The summed E-state index contributed by atoms with van der Waals surface area (Å²) in [5.41, 5.74) is 0.976. The fourth-order valence-electron chi connectivity index (χ4n) is 3.29. The van der Waals surface area contributed by atoms with Gasteiger partial charge in [0.05, 0.1) is 26.4 Å². The van der Waals surface area contributed by atoms with Gasteiger partial charge in [0.15, 0.2) is 0 Å². The van der Waals surface area contributed by atoms with E-state index in [2.05, 4.69) is 0 Å². The van der Waals surface area contributed by atoms with E-state index < -0.39 is 15.9 Å². The van der Waals surface area contributed by atoms with E-state index in [-0.39, 0.29) is 29.6 Å². The number of amides is 1. The van der Waals surface area contributed by atoms with Gasteiger partial charge in [0.25, 0.3) is 5.91 Å². The van der Waals surface area contributed by atoms with E-state index in [9.17, 15) is 17.6 Å². The molecule has 0 aliphatic carbocycles. The number of ether oxygens (including phenoxy) is 3. The molecule has 0 aliphatic heterocycles. The van der Waals surface area contributed by atoms with Crippen LogP contribution in [0.1, 0.15) is 15.9 Å². The monoisotopic (exact) mass is 503 g/mol. The van der Waals surface area contributed by atoms with Crippen molar-refractivity contribution in [1.82, 2.24) is 4.90 Å². The SMILES string of the molecule is COCCN(Cc1cccc(OS(=O)(=O)c2ccc(F)cc2)c1)C(=O)c1ccc(OC)cc1OC. The summed E-state index contributed by atoms with van der Waals surface area (Å²) in [5, 5.41) is 0. The number of rotatable bonds is 11. The fourth-order valence-corrected chi connectivity index (χ4v) is 4.21. The number of hydrogen-bond donors (Lipinski definition) is 0. The zero-order valence-electron chi connectivity index (χ0n) is 19.6. The zero-order valence-corrected chi connectivity index (χ0v) is 20.4. The van der Waals surface area contributed by atoms with E-state index in [1.54, 1.807) is 35.2 Å². The first-order chi connectivity index (χ1) is 16.8. The van der Waals surface area contributed by atoms with Crippen molar-refractivity contribution in [3.8, 4) is 17.2 Å². The second kappa shape index (κ2) is 11.7. The lowest BCUT2D eigenvalue weighted by Crippen LogP contribution is -2.33. The van der Waals surface area contributed by atoms with Crippen LogP contribution in [0.2, 0.25) is 0 Å². The highest BCUT2D eigenvalue weighted by Crippen LogP contribution is 2.27. The molecule has 0 fully saturated rings. The van der Waals surface area contributed by atoms with Gasteiger partial charge < -0.3 is 23.3 Å². The maximum atomic E-state index is 13.4. The van der Waals surface area contributed by atoms with Crippen LogP contribution < -0.4 is 13.7 Å². The van der Waals surface area contributed by atoms with Gasteiger partial charge >= 0.3 is 10.1 Å². The number of hydrogen-bond acceptors (Lipinski definition) is 7. The van der Waals surface area contributed by atoms with Crippen LogP contribution in [0.4, 0.5) is 4.39 Å². The van der Waals surface area contributed by atoms with Crippen LogP contribution in [0.15, 0.2) is 71.6 Å².